The van der Waals surface area contributed by atoms with Gasteiger partial charge in [-0.2, -0.15) is 0 Å². The SMILES string of the molecule is CCC(NCc1ccc(F)cc1C)c1ccccc1. The Kier molecular flexibility index (Phi) is 4.69. The Morgan fingerprint density at radius 1 is 1.11 bits per heavy atom. The van der Waals surface area contributed by atoms with Crippen LogP contribution in [0, 0.1) is 12.7 Å². The molecule has 0 aliphatic heterocycles. The summed E-state index contributed by atoms with van der Waals surface area (Å²) in [6.07, 6.45) is 1.03. The maximum Gasteiger partial charge on any atom is 0.123 e. The molecule has 0 bridgehead atoms. The number of nitrogens with one attached hydrogen (secondary N) is 1. The van der Waals surface area contributed by atoms with Gasteiger partial charge in [-0.1, -0.05) is 43.3 Å². The summed E-state index contributed by atoms with van der Waals surface area (Å²) in [7, 11) is 0. The van der Waals surface area contributed by atoms with Crippen LogP contribution in [0.25, 0.3) is 0 Å². The van der Waals surface area contributed by atoms with E-state index >= 15 is 0 Å². The largest absolute Gasteiger partial charge is 0.306 e. The van der Waals surface area contributed by atoms with Gasteiger partial charge in [0.05, 0.1) is 0 Å². The number of halogens is 1. The second kappa shape index (κ2) is 6.48. The van der Waals surface area contributed by atoms with Crippen LogP contribution in [0.15, 0.2) is 48.5 Å². The van der Waals surface area contributed by atoms with Gasteiger partial charge in [0.1, 0.15) is 5.82 Å². The summed E-state index contributed by atoms with van der Waals surface area (Å²) >= 11 is 0. The summed E-state index contributed by atoms with van der Waals surface area (Å²) in [6, 6.07) is 15.7. The van der Waals surface area contributed by atoms with Gasteiger partial charge < -0.3 is 5.32 Å². The highest BCUT2D eigenvalue weighted by Gasteiger charge is 2.08. The lowest BCUT2D eigenvalue weighted by atomic mass is 10.0. The van der Waals surface area contributed by atoms with E-state index in [0.29, 0.717) is 6.04 Å². The molecule has 0 aromatic heterocycles. The van der Waals surface area contributed by atoms with Crippen molar-refractivity contribution in [3.8, 4) is 0 Å². The number of hydrogen-bond acceptors (Lipinski definition) is 1. The van der Waals surface area contributed by atoms with Crippen LogP contribution in [0.4, 0.5) is 4.39 Å². The minimum absolute atomic E-state index is 0.170. The van der Waals surface area contributed by atoms with Gasteiger partial charge in [-0.05, 0) is 42.2 Å². The average molecular weight is 257 g/mol. The van der Waals surface area contributed by atoms with Crippen LogP contribution in [-0.4, -0.2) is 0 Å². The number of aryl methyl sites for hydroxylation is 1. The Bertz CT molecular complexity index is 522. The molecule has 1 nitrogen and oxygen atoms in total. The van der Waals surface area contributed by atoms with Crippen LogP contribution in [0.1, 0.15) is 36.1 Å². The van der Waals surface area contributed by atoms with Gasteiger partial charge in [-0.15, -0.1) is 0 Å². The van der Waals surface area contributed by atoms with Gasteiger partial charge in [0, 0.05) is 12.6 Å². The third-order valence-electron chi connectivity index (χ3n) is 3.45. The highest BCUT2D eigenvalue weighted by atomic mass is 19.1. The molecule has 0 aliphatic rings. The van der Waals surface area contributed by atoms with Crippen molar-refractivity contribution in [2.75, 3.05) is 0 Å². The summed E-state index contributed by atoms with van der Waals surface area (Å²) in [5.41, 5.74) is 3.44. The molecule has 19 heavy (non-hydrogen) atoms. The maximum absolute atomic E-state index is 13.1. The number of benzene rings is 2. The van der Waals surface area contributed by atoms with Crippen LogP contribution in [0.3, 0.4) is 0 Å². The predicted molar refractivity (Wildman–Crippen MR) is 77.5 cm³/mol. The number of rotatable bonds is 5. The average Bonchev–Trinajstić information content (AvgIpc) is 2.43. The molecule has 0 spiro atoms. The van der Waals surface area contributed by atoms with E-state index in [1.165, 1.54) is 11.6 Å². The van der Waals surface area contributed by atoms with Crippen LogP contribution in [-0.2, 0) is 6.54 Å². The monoisotopic (exact) mass is 257 g/mol. The molecule has 0 saturated carbocycles. The summed E-state index contributed by atoms with van der Waals surface area (Å²) in [4.78, 5) is 0. The van der Waals surface area contributed by atoms with Crippen molar-refractivity contribution in [3.05, 3.63) is 71.0 Å². The molecule has 1 unspecified atom stereocenters. The first-order valence-electron chi connectivity index (χ1n) is 6.74. The third-order valence-corrected chi connectivity index (χ3v) is 3.45. The first-order chi connectivity index (χ1) is 9.20. The van der Waals surface area contributed by atoms with Crippen molar-refractivity contribution in [2.45, 2.75) is 32.9 Å². The fourth-order valence-corrected chi connectivity index (χ4v) is 2.27. The molecular weight excluding hydrogens is 237 g/mol. The van der Waals surface area contributed by atoms with Gasteiger partial charge in [-0.3, -0.25) is 0 Å². The lowest BCUT2D eigenvalue weighted by Gasteiger charge is -2.18. The Labute approximate surface area is 114 Å². The Balaban J connectivity index is 2.04. The van der Waals surface area contributed by atoms with Crippen LogP contribution in [0.2, 0.25) is 0 Å². The van der Waals surface area contributed by atoms with E-state index in [-0.39, 0.29) is 5.82 Å². The van der Waals surface area contributed by atoms with Gasteiger partial charge in [0.25, 0.3) is 0 Å². The summed E-state index contributed by atoms with van der Waals surface area (Å²) in [6.45, 7) is 4.88. The molecule has 100 valence electrons. The van der Waals surface area contributed by atoms with Crippen molar-refractivity contribution in [1.82, 2.24) is 5.32 Å². The standard InChI is InChI=1S/C17H20FN/c1-3-17(14-7-5-4-6-8-14)19-12-15-9-10-16(18)11-13(15)2/h4-11,17,19H,3,12H2,1-2H3. The second-order valence-corrected chi connectivity index (χ2v) is 4.82. The molecule has 0 heterocycles. The van der Waals surface area contributed by atoms with E-state index in [1.807, 2.05) is 19.1 Å². The quantitative estimate of drug-likeness (QED) is 0.838. The zero-order valence-corrected chi connectivity index (χ0v) is 11.5. The van der Waals surface area contributed by atoms with Gasteiger partial charge in [0.15, 0.2) is 0 Å². The topological polar surface area (TPSA) is 12.0 Å². The Morgan fingerprint density at radius 2 is 1.84 bits per heavy atom. The Hall–Kier alpha value is -1.67. The molecule has 2 aromatic rings. The van der Waals surface area contributed by atoms with E-state index in [9.17, 15) is 4.39 Å². The van der Waals surface area contributed by atoms with Crippen LogP contribution >= 0.6 is 0 Å². The fraction of sp³-hybridized carbons (Fsp3) is 0.294. The summed E-state index contributed by atoms with van der Waals surface area (Å²) in [5, 5.41) is 3.54. The van der Waals surface area contributed by atoms with Crippen LogP contribution in [0.5, 0.6) is 0 Å². The molecule has 0 aliphatic carbocycles. The summed E-state index contributed by atoms with van der Waals surface area (Å²) in [5.74, 6) is -0.170. The molecule has 0 radical (unpaired) electrons. The lowest BCUT2D eigenvalue weighted by molar-refractivity contribution is 0.517. The van der Waals surface area contributed by atoms with E-state index in [0.717, 1.165) is 24.1 Å². The van der Waals surface area contributed by atoms with Crippen molar-refractivity contribution >= 4 is 0 Å². The molecule has 0 saturated heterocycles. The third kappa shape index (κ3) is 3.65. The zero-order valence-electron chi connectivity index (χ0n) is 11.5. The van der Waals surface area contributed by atoms with Crippen molar-refractivity contribution in [3.63, 3.8) is 0 Å². The number of hydrogen-bond donors (Lipinski definition) is 1. The zero-order chi connectivity index (χ0) is 13.7. The summed E-state index contributed by atoms with van der Waals surface area (Å²) < 4.78 is 13.1. The molecule has 1 N–H and O–H groups in total. The van der Waals surface area contributed by atoms with Crippen molar-refractivity contribution < 1.29 is 4.39 Å². The first-order valence-corrected chi connectivity index (χ1v) is 6.74. The van der Waals surface area contributed by atoms with Crippen molar-refractivity contribution in [1.29, 1.82) is 0 Å². The molecular formula is C17H20FN. The maximum atomic E-state index is 13.1. The minimum Gasteiger partial charge on any atom is -0.306 e. The molecule has 2 aromatic carbocycles. The van der Waals surface area contributed by atoms with E-state index in [2.05, 4.69) is 36.5 Å². The molecule has 1 atom stereocenters. The molecule has 0 amide bonds. The highest BCUT2D eigenvalue weighted by Crippen LogP contribution is 2.18. The van der Waals surface area contributed by atoms with Crippen LogP contribution < -0.4 is 5.32 Å². The van der Waals surface area contributed by atoms with E-state index in [4.69, 9.17) is 0 Å². The Morgan fingerprint density at radius 3 is 2.47 bits per heavy atom. The molecule has 2 rings (SSSR count). The predicted octanol–water partition coefficient (Wildman–Crippen LogP) is 4.38. The molecule has 0 fully saturated rings. The van der Waals surface area contributed by atoms with Gasteiger partial charge >= 0.3 is 0 Å². The van der Waals surface area contributed by atoms with E-state index < -0.39 is 0 Å². The molecule has 2 heteroatoms. The smallest absolute Gasteiger partial charge is 0.123 e. The van der Waals surface area contributed by atoms with Gasteiger partial charge in [0.2, 0.25) is 0 Å². The normalized spacial score (nSPS) is 12.4. The highest BCUT2D eigenvalue weighted by molar-refractivity contribution is 5.27. The van der Waals surface area contributed by atoms with E-state index in [1.54, 1.807) is 6.07 Å². The minimum atomic E-state index is -0.170. The fourth-order valence-electron chi connectivity index (χ4n) is 2.27. The lowest BCUT2D eigenvalue weighted by Crippen LogP contribution is -2.20. The van der Waals surface area contributed by atoms with Crippen molar-refractivity contribution in [2.24, 2.45) is 0 Å². The first kappa shape index (κ1) is 13.8. The second-order valence-electron chi connectivity index (χ2n) is 4.82. The van der Waals surface area contributed by atoms with Gasteiger partial charge in [-0.25, -0.2) is 4.39 Å².